The summed E-state index contributed by atoms with van der Waals surface area (Å²) < 4.78 is 0. The molecule has 1 aromatic carbocycles. The Morgan fingerprint density at radius 2 is 1.83 bits per heavy atom. The lowest BCUT2D eigenvalue weighted by atomic mass is 9.37. The molecule has 0 radical (unpaired) electrons. The Kier molecular flexibility index (Phi) is 6.68. The third-order valence-corrected chi connectivity index (χ3v) is 12.3. The van der Waals surface area contributed by atoms with Crippen LogP contribution in [0.3, 0.4) is 0 Å². The van der Waals surface area contributed by atoms with Crippen LogP contribution >= 0.6 is 0 Å². The Labute approximate surface area is 221 Å². The molecular weight excluding hydrogens is 436 g/mol. The van der Waals surface area contributed by atoms with E-state index in [0.717, 1.165) is 29.7 Å². The number of aliphatic imine (C=N–C) groups is 1. The van der Waals surface area contributed by atoms with Crippen molar-refractivity contribution in [1.82, 2.24) is 4.90 Å². The fraction of sp³-hybridized carbons (Fsp3) is 0.676. The number of hydrogen-bond donors (Lipinski definition) is 0. The molecule has 0 saturated heterocycles. The van der Waals surface area contributed by atoms with Crippen LogP contribution in [0.15, 0.2) is 35.5 Å². The molecule has 3 fully saturated rings. The van der Waals surface area contributed by atoms with E-state index in [2.05, 4.69) is 95.7 Å². The third-order valence-electron chi connectivity index (χ3n) is 12.3. The molecule has 2 nitrogen and oxygen atoms in total. The fourth-order valence-electron chi connectivity index (χ4n) is 10.2. The van der Waals surface area contributed by atoms with Crippen molar-refractivity contribution in [3.8, 4) is 0 Å². The molecule has 196 valence electrons. The summed E-state index contributed by atoms with van der Waals surface area (Å²) in [6.07, 6.45) is 17.7. The molecule has 0 aliphatic heterocycles. The van der Waals surface area contributed by atoms with Gasteiger partial charge in [-0.1, -0.05) is 52.0 Å². The van der Waals surface area contributed by atoms with Gasteiger partial charge in [-0.3, -0.25) is 4.99 Å². The van der Waals surface area contributed by atoms with E-state index in [1.54, 1.807) is 5.57 Å². The van der Waals surface area contributed by atoms with Crippen molar-refractivity contribution >= 4 is 18.4 Å². The van der Waals surface area contributed by atoms with Crippen molar-refractivity contribution < 1.29 is 0 Å². The van der Waals surface area contributed by atoms with Gasteiger partial charge in [0.2, 0.25) is 0 Å². The molecule has 0 bridgehead atoms. The number of nitrogens with zero attached hydrogens (tertiary/aromatic N) is 2. The molecule has 4 aliphatic carbocycles. The van der Waals surface area contributed by atoms with E-state index in [1.165, 1.54) is 68.1 Å². The van der Waals surface area contributed by atoms with Gasteiger partial charge in [0, 0.05) is 12.2 Å². The lowest BCUT2D eigenvalue weighted by Crippen LogP contribution is -2.61. The van der Waals surface area contributed by atoms with E-state index in [1.807, 2.05) is 6.20 Å². The molecule has 3 saturated carbocycles. The van der Waals surface area contributed by atoms with Crippen molar-refractivity contribution in [2.45, 2.75) is 92.0 Å². The predicted molar refractivity (Wildman–Crippen MR) is 156 cm³/mol. The first-order valence-electron chi connectivity index (χ1n) is 14.7. The SMILES string of the molecule is C=NC=Cc1c(C)cccc1C1=CCC2C3CCC4(C(C)C)CC(N(C)C)CCC4(C)C3CCC12C. The van der Waals surface area contributed by atoms with Crippen LogP contribution in [0.25, 0.3) is 11.6 Å². The minimum Gasteiger partial charge on any atom is -0.306 e. The second-order valence-corrected chi connectivity index (χ2v) is 13.8. The van der Waals surface area contributed by atoms with Gasteiger partial charge in [0.25, 0.3) is 0 Å². The van der Waals surface area contributed by atoms with Crippen LogP contribution in [0.4, 0.5) is 0 Å². The zero-order valence-corrected chi connectivity index (χ0v) is 24.1. The normalized spacial score (nSPS) is 40.2. The number of benzene rings is 1. The van der Waals surface area contributed by atoms with Crippen LogP contribution in [0.5, 0.6) is 0 Å². The average Bonchev–Trinajstić information content (AvgIpc) is 3.19. The molecular formula is C34H50N2. The van der Waals surface area contributed by atoms with Gasteiger partial charge in [-0.15, -0.1) is 0 Å². The summed E-state index contributed by atoms with van der Waals surface area (Å²) in [6, 6.07) is 7.59. The maximum Gasteiger partial charge on any atom is 0.0266 e. The van der Waals surface area contributed by atoms with E-state index in [0.29, 0.717) is 10.8 Å². The molecule has 0 spiro atoms. The Bertz CT molecular complexity index is 1060. The zero-order chi connectivity index (χ0) is 25.9. The lowest BCUT2D eigenvalue weighted by Gasteiger charge is -2.68. The third kappa shape index (κ3) is 3.64. The molecule has 1 aromatic rings. The van der Waals surface area contributed by atoms with Crippen molar-refractivity contribution in [2.75, 3.05) is 14.1 Å². The van der Waals surface area contributed by atoms with Crippen molar-refractivity contribution in [1.29, 1.82) is 0 Å². The number of rotatable bonds is 5. The summed E-state index contributed by atoms with van der Waals surface area (Å²) in [4.78, 5) is 6.55. The Balaban J connectivity index is 1.48. The van der Waals surface area contributed by atoms with Gasteiger partial charge in [-0.25, -0.2) is 0 Å². The molecule has 7 atom stereocenters. The first-order valence-corrected chi connectivity index (χ1v) is 14.7. The van der Waals surface area contributed by atoms with Crippen LogP contribution in [0.1, 0.15) is 95.8 Å². The maximum atomic E-state index is 4.02. The summed E-state index contributed by atoms with van der Waals surface area (Å²) >= 11 is 0. The Hall–Kier alpha value is -1.67. The van der Waals surface area contributed by atoms with E-state index < -0.39 is 0 Å². The highest BCUT2D eigenvalue weighted by atomic mass is 15.1. The Morgan fingerprint density at radius 1 is 1.06 bits per heavy atom. The molecule has 0 N–H and O–H groups in total. The molecule has 0 heterocycles. The van der Waals surface area contributed by atoms with Crippen molar-refractivity contribution in [3.05, 3.63) is 47.2 Å². The van der Waals surface area contributed by atoms with E-state index in [-0.39, 0.29) is 5.41 Å². The van der Waals surface area contributed by atoms with Gasteiger partial charge in [-0.05, 0) is 147 Å². The molecule has 2 heteroatoms. The summed E-state index contributed by atoms with van der Waals surface area (Å²) in [5.74, 6) is 3.29. The molecule has 5 rings (SSSR count). The van der Waals surface area contributed by atoms with E-state index in [4.69, 9.17) is 0 Å². The quantitative estimate of drug-likeness (QED) is 0.380. The predicted octanol–water partition coefficient (Wildman–Crippen LogP) is 8.66. The second kappa shape index (κ2) is 9.26. The summed E-state index contributed by atoms with van der Waals surface area (Å²) in [6.45, 7) is 16.4. The van der Waals surface area contributed by atoms with Gasteiger partial charge in [0.15, 0.2) is 0 Å². The lowest BCUT2D eigenvalue weighted by molar-refractivity contribution is -0.181. The fourth-order valence-corrected chi connectivity index (χ4v) is 10.2. The van der Waals surface area contributed by atoms with Crippen molar-refractivity contribution in [3.63, 3.8) is 0 Å². The van der Waals surface area contributed by atoms with Crippen LogP contribution in [0.2, 0.25) is 0 Å². The largest absolute Gasteiger partial charge is 0.306 e. The van der Waals surface area contributed by atoms with Gasteiger partial charge >= 0.3 is 0 Å². The molecule has 0 amide bonds. The van der Waals surface area contributed by atoms with Crippen molar-refractivity contribution in [2.24, 2.45) is 44.9 Å². The molecule has 7 unspecified atom stereocenters. The van der Waals surface area contributed by atoms with E-state index in [9.17, 15) is 0 Å². The van der Waals surface area contributed by atoms with Gasteiger partial charge in [-0.2, -0.15) is 0 Å². The topological polar surface area (TPSA) is 15.6 Å². The van der Waals surface area contributed by atoms with Gasteiger partial charge in [0.1, 0.15) is 0 Å². The first kappa shape index (κ1) is 26.0. The second-order valence-electron chi connectivity index (χ2n) is 13.8. The minimum absolute atomic E-state index is 0.286. The monoisotopic (exact) mass is 486 g/mol. The Morgan fingerprint density at radius 3 is 2.53 bits per heavy atom. The average molecular weight is 487 g/mol. The summed E-state index contributed by atoms with van der Waals surface area (Å²) in [5.41, 5.74) is 6.97. The van der Waals surface area contributed by atoms with Crippen LogP contribution in [-0.2, 0) is 0 Å². The summed E-state index contributed by atoms with van der Waals surface area (Å²) in [7, 11) is 4.62. The first-order chi connectivity index (χ1) is 17.1. The molecule has 4 aliphatic rings. The van der Waals surface area contributed by atoms with E-state index >= 15 is 0 Å². The zero-order valence-electron chi connectivity index (χ0n) is 24.1. The van der Waals surface area contributed by atoms with Gasteiger partial charge in [0.05, 0.1) is 0 Å². The highest BCUT2D eigenvalue weighted by Crippen LogP contribution is 2.72. The highest BCUT2D eigenvalue weighted by Gasteiger charge is 2.64. The molecule has 36 heavy (non-hydrogen) atoms. The number of allylic oxidation sites excluding steroid dienone is 2. The standard InChI is InChI=1S/C34H50N2/c1-23(2)34-20-15-28-30-13-12-29(27-11-9-10-24(3)26(27)17-21-35-6)32(30,4)18-16-31(28)33(34,5)19-14-25(22-34)36(7)8/h9-12,17,21,23,25,28,30-31H,6,13-16,18-20,22H2,1-5,7-8H3. The van der Waals surface area contributed by atoms with Gasteiger partial charge < -0.3 is 4.90 Å². The number of aryl methyl sites for hydroxylation is 1. The minimum atomic E-state index is 0.286. The highest BCUT2D eigenvalue weighted by molar-refractivity contribution is 5.80. The van der Waals surface area contributed by atoms with Crippen LogP contribution in [0, 0.1) is 46.8 Å². The maximum absolute atomic E-state index is 4.02. The number of fused-ring (bicyclic) bond motifs is 5. The number of hydrogen-bond acceptors (Lipinski definition) is 2. The summed E-state index contributed by atoms with van der Waals surface area (Å²) in [5, 5.41) is 0. The van der Waals surface area contributed by atoms with Crippen LogP contribution in [-0.4, -0.2) is 31.8 Å². The molecule has 0 aromatic heterocycles. The van der Waals surface area contributed by atoms with Crippen LogP contribution < -0.4 is 0 Å². The smallest absolute Gasteiger partial charge is 0.0266 e.